The van der Waals surface area contributed by atoms with Crippen LogP contribution in [0.2, 0.25) is 45.2 Å². The molecule has 4 aromatic carbocycles. The Morgan fingerprint density at radius 1 is 0.513 bits per heavy atom. The highest BCUT2D eigenvalue weighted by Crippen LogP contribution is 2.78. The van der Waals surface area contributed by atoms with Crippen molar-refractivity contribution in [2.75, 3.05) is 0 Å². The van der Waals surface area contributed by atoms with E-state index in [1.165, 1.54) is 48.5 Å². The molecule has 0 aliphatic heterocycles. The molecule has 0 N–H and O–H groups in total. The first-order chi connectivity index (χ1) is 18.2. The number of aryl methyl sites for hydroxylation is 1. The summed E-state index contributed by atoms with van der Waals surface area (Å²) in [5, 5.41) is 0.129. The molecular formula is C25H13Cl9O3S2. The van der Waals surface area contributed by atoms with E-state index in [9.17, 15) is 8.42 Å². The van der Waals surface area contributed by atoms with E-state index in [0.717, 1.165) is 5.56 Å². The predicted molar refractivity (Wildman–Crippen MR) is 166 cm³/mol. The van der Waals surface area contributed by atoms with Gasteiger partial charge in [0.05, 0.1) is 49.7 Å². The fourth-order valence-electron chi connectivity index (χ4n) is 3.70. The summed E-state index contributed by atoms with van der Waals surface area (Å²) < 4.78 is 34.3. The van der Waals surface area contributed by atoms with E-state index in [1.807, 2.05) is 0 Å². The molecule has 0 bridgehead atoms. The van der Waals surface area contributed by atoms with Crippen LogP contribution in [0.1, 0.15) is 5.56 Å². The fourth-order valence-corrected chi connectivity index (χ4v) is 13.4. The van der Waals surface area contributed by atoms with Crippen LogP contribution in [-0.4, -0.2) is 8.42 Å². The van der Waals surface area contributed by atoms with Crippen molar-refractivity contribution >= 4 is 125 Å². The van der Waals surface area contributed by atoms with Crippen molar-refractivity contribution in [2.45, 2.75) is 26.5 Å². The summed E-state index contributed by atoms with van der Waals surface area (Å²) in [5.41, 5.74) is 0.823. The molecule has 0 aliphatic carbocycles. The lowest BCUT2D eigenvalue weighted by Crippen LogP contribution is -2.17. The first-order valence-electron chi connectivity index (χ1n) is 10.5. The van der Waals surface area contributed by atoms with Gasteiger partial charge in [-0.3, -0.25) is 0 Å². The molecule has 4 aromatic rings. The third kappa shape index (κ3) is 6.27. The molecule has 0 amide bonds. The van der Waals surface area contributed by atoms with Gasteiger partial charge in [0.2, 0.25) is 0 Å². The van der Waals surface area contributed by atoms with Gasteiger partial charge in [0.25, 0.3) is 0 Å². The average Bonchev–Trinajstić information content (AvgIpc) is 2.76. The highest BCUT2D eigenvalue weighted by Gasteiger charge is 2.46. The minimum absolute atomic E-state index is 0.0248. The molecular weight excluding hydrogens is 731 g/mol. The summed E-state index contributed by atoms with van der Waals surface area (Å²) in [5.74, 6) is 0. The Kier molecular flexibility index (Phi) is 9.88. The minimum Gasteiger partial charge on any atom is -0.203 e. The van der Waals surface area contributed by atoms with Crippen molar-refractivity contribution in [1.82, 2.24) is 0 Å². The van der Waals surface area contributed by atoms with Crippen LogP contribution in [0.25, 0.3) is 0 Å². The van der Waals surface area contributed by atoms with Crippen LogP contribution >= 0.6 is 115 Å². The monoisotopic (exact) mass is 740 g/mol. The van der Waals surface area contributed by atoms with E-state index in [4.69, 9.17) is 108 Å². The Morgan fingerprint density at radius 2 is 0.795 bits per heavy atom. The third-order valence-electron chi connectivity index (χ3n) is 5.25. The van der Waals surface area contributed by atoms with Gasteiger partial charge in [-0.2, -0.15) is 8.42 Å². The molecule has 0 aliphatic rings. The smallest absolute Gasteiger partial charge is 0.203 e. The van der Waals surface area contributed by atoms with Gasteiger partial charge < -0.3 is 0 Å². The lowest BCUT2D eigenvalue weighted by Gasteiger charge is -2.42. The Morgan fingerprint density at radius 3 is 1.08 bits per heavy atom. The Labute approximate surface area is 272 Å². The highest BCUT2D eigenvalue weighted by molar-refractivity contribution is 8.33. The molecule has 4 rings (SSSR count). The van der Waals surface area contributed by atoms with Crippen LogP contribution in [0, 0.1) is 6.92 Å². The lowest BCUT2D eigenvalue weighted by molar-refractivity contribution is 0.508. The van der Waals surface area contributed by atoms with E-state index >= 15 is 0 Å². The summed E-state index contributed by atoms with van der Waals surface area (Å²) in [6.07, 6.45) is 0. The molecule has 39 heavy (non-hydrogen) atoms. The van der Waals surface area contributed by atoms with Crippen LogP contribution in [0.3, 0.4) is 0 Å². The largest absolute Gasteiger partial charge is 0.307 e. The van der Waals surface area contributed by atoms with Crippen LogP contribution in [0.5, 0.6) is 0 Å². The maximum absolute atomic E-state index is 14.0. The SMILES string of the molecule is Cc1ccc(S(=O)(=O)OS(c2c(Cl)cc(Cl)cc2Cl)(c2c(Cl)cc(Cl)cc2Cl)c2c(Cl)cc(Cl)cc2Cl)cc1. The summed E-state index contributed by atoms with van der Waals surface area (Å²) >= 11 is 59.1. The molecule has 206 valence electrons. The predicted octanol–water partition coefficient (Wildman–Crippen LogP) is 12.5. The van der Waals surface area contributed by atoms with Gasteiger partial charge in [-0.15, -0.1) is 0 Å². The second kappa shape index (κ2) is 12.2. The van der Waals surface area contributed by atoms with Gasteiger partial charge in [0.15, 0.2) is 0 Å². The fraction of sp³-hybridized carbons (Fsp3) is 0.0400. The number of hydrogen-bond donors (Lipinski definition) is 0. The summed E-state index contributed by atoms with van der Waals surface area (Å²) in [6.45, 7) is 1.81. The minimum atomic E-state index is -4.62. The molecule has 0 radical (unpaired) electrons. The second-order valence-electron chi connectivity index (χ2n) is 7.99. The quantitative estimate of drug-likeness (QED) is 0.197. The summed E-state index contributed by atoms with van der Waals surface area (Å²) in [4.78, 5) is -0.247. The van der Waals surface area contributed by atoms with E-state index in [2.05, 4.69) is 0 Å². The average molecular weight is 745 g/mol. The number of halogens is 9. The van der Waals surface area contributed by atoms with Gasteiger partial charge in [-0.1, -0.05) is 122 Å². The Hall–Kier alpha value is -0.250. The third-order valence-corrected chi connectivity index (χ3v) is 13.8. The van der Waals surface area contributed by atoms with Crippen LogP contribution in [0.4, 0.5) is 0 Å². The van der Waals surface area contributed by atoms with Crippen molar-refractivity contribution in [2.24, 2.45) is 0 Å². The van der Waals surface area contributed by atoms with Gasteiger partial charge in [-0.05, 0) is 65.8 Å². The molecule has 0 spiro atoms. The number of benzene rings is 4. The zero-order valence-electron chi connectivity index (χ0n) is 19.2. The van der Waals surface area contributed by atoms with Crippen LogP contribution in [0.15, 0.2) is 80.2 Å². The second-order valence-corrected chi connectivity index (χ2v) is 16.0. The zero-order chi connectivity index (χ0) is 28.9. The molecule has 0 saturated carbocycles. The van der Waals surface area contributed by atoms with E-state index in [1.54, 1.807) is 19.1 Å². The Balaban J connectivity index is 2.28. The molecule has 3 nitrogen and oxygen atoms in total. The topological polar surface area (TPSA) is 43.4 Å². The van der Waals surface area contributed by atoms with Crippen LogP contribution in [-0.2, 0) is 13.7 Å². The van der Waals surface area contributed by atoms with E-state index < -0.39 is 20.4 Å². The summed E-state index contributed by atoms with van der Waals surface area (Å²) in [7, 11) is -8.36. The van der Waals surface area contributed by atoms with Crippen molar-refractivity contribution in [1.29, 1.82) is 0 Å². The van der Waals surface area contributed by atoms with Gasteiger partial charge in [-0.25, -0.2) is 3.63 Å². The number of rotatable bonds is 6. The van der Waals surface area contributed by atoms with Gasteiger partial charge in [0, 0.05) is 15.1 Å². The normalized spacial score (nSPS) is 12.6. The highest BCUT2D eigenvalue weighted by atomic mass is 35.5. The number of hydrogen-bond acceptors (Lipinski definition) is 3. The molecule has 0 heterocycles. The van der Waals surface area contributed by atoms with E-state index in [0.29, 0.717) is 0 Å². The maximum atomic E-state index is 14.0. The van der Waals surface area contributed by atoms with Crippen molar-refractivity contribution < 1.29 is 12.0 Å². The first-order valence-corrected chi connectivity index (χ1v) is 16.8. The van der Waals surface area contributed by atoms with Crippen LogP contribution < -0.4 is 0 Å². The molecule has 0 unspecified atom stereocenters. The molecule has 0 atom stereocenters. The van der Waals surface area contributed by atoms with Crippen molar-refractivity contribution in [3.05, 3.63) is 111 Å². The zero-order valence-corrected chi connectivity index (χ0v) is 27.7. The molecule has 0 aromatic heterocycles. The van der Waals surface area contributed by atoms with E-state index in [-0.39, 0.29) is 64.8 Å². The molecule has 0 fully saturated rings. The van der Waals surface area contributed by atoms with Gasteiger partial charge in [0.1, 0.15) is 0 Å². The lowest BCUT2D eigenvalue weighted by atomic mass is 10.2. The molecule has 14 heteroatoms. The van der Waals surface area contributed by atoms with Crippen molar-refractivity contribution in [3.8, 4) is 0 Å². The van der Waals surface area contributed by atoms with Crippen molar-refractivity contribution in [3.63, 3.8) is 0 Å². The molecule has 0 saturated heterocycles. The summed E-state index contributed by atoms with van der Waals surface area (Å²) in [6, 6.07) is 14.2. The standard InChI is InChI=1S/C25H13Cl9O3S2/c1-12-2-4-16(5-3-12)39(35,36)37-38(23-17(29)6-13(26)7-18(23)30,24-19(31)8-14(27)9-20(24)32)25-21(33)10-15(28)11-22(25)34/h2-11H,1H3. The first kappa shape index (κ1) is 31.7. The van der Waals surface area contributed by atoms with Gasteiger partial charge >= 0.3 is 10.1 Å². The maximum Gasteiger partial charge on any atom is 0.307 e. The Bertz CT molecular complexity index is 1500.